The molecule has 5 nitrogen and oxygen atoms in total. The summed E-state index contributed by atoms with van der Waals surface area (Å²) in [5, 5.41) is 9.90. The molecular weight excluding hydrogens is 232 g/mol. The number of aromatic hydroxyl groups is 1. The van der Waals surface area contributed by atoms with Gasteiger partial charge in [0.15, 0.2) is 11.4 Å². The fourth-order valence-corrected chi connectivity index (χ4v) is 2.98. The first-order chi connectivity index (χ1) is 8.59. The molecule has 3 rings (SSSR count). The summed E-state index contributed by atoms with van der Waals surface area (Å²) in [7, 11) is 0. The molecule has 0 spiro atoms. The molecule has 0 saturated carbocycles. The van der Waals surface area contributed by atoms with E-state index in [0.29, 0.717) is 12.1 Å². The number of fused-ring (bicyclic) bond motifs is 2. The van der Waals surface area contributed by atoms with Crippen LogP contribution in [0.3, 0.4) is 0 Å². The van der Waals surface area contributed by atoms with Gasteiger partial charge in [0, 0.05) is 30.9 Å². The zero-order valence-electron chi connectivity index (χ0n) is 10.3. The van der Waals surface area contributed by atoms with Crippen LogP contribution in [0.5, 0.6) is 5.75 Å². The van der Waals surface area contributed by atoms with E-state index in [0.717, 1.165) is 25.8 Å². The molecule has 0 radical (unpaired) electrons. The molecule has 1 aromatic rings. The van der Waals surface area contributed by atoms with Gasteiger partial charge in [0.1, 0.15) is 0 Å². The molecule has 0 bridgehead atoms. The minimum absolute atomic E-state index is 0.156. The van der Waals surface area contributed by atoms with Gasteiger partial charge in [-0.2, -0.15) is 0 Å². The third-order valence-corrected chi connectivity index (χ3v) is 3.93. The second-order valence-electron chi connectivity index (χ2n) is 5.14. The standard InChI is InChI=1S/C13H16N2O3/c1-8-6-14-7-9-4-2-3-5-15(9)13(18)10(14)12(17)11(8)16/h6,9,17H,2-5,7H2,1H3/t9-/m1/s1. The van der Waals surface area contributed by atoms with E-state index in [9.17, 15) is 14.7 Å². The molecule has 1 atom stereocenters. The van der Waals surface area contributed by atoms with Crippen molar-refractivity contribution in [3.8, 4) is 5.75 Å². The number of aromatic nitrogens is 1. The number of piperidine rings is 1. The van der Waals surface area contributed by atoms with Crippen molar-refractivity contribution in [2.24, 2.45) is 0 Å². The molecule has 0 aromatic carbocycles. The number of hydrogen-bond donors (Lipinski definition) is 1. The van der Waals surface area contributed by atoms with E-state index in [-0.39, 0.29) is 17.6 Å². The molecule has 2 aliphatic rings. The summed E-state index contributed by atoms with van der Waals surface area (Å²) in [6.45, 7) is 3.06. The maximum absolute atomic E-state index is 12.3. The van der Waals surface area contributed by atoms with Gasteiger partial charge in [-0.15, -0.1) is 0 Å². The molecule has 1 saturated heterocycles. The lowest BCUT2D eigenvalue weighted by Crippen LogP contribution is -2.51. The summed E-state index contributed by atoms with van der Waals surface area (Å²) in [5.74, 6) is -0.607. The summed E-state index contributed by atoms with van der Waals surface area (Å²) in [5.41, 5.74) is 0.196. The highest BCUT2D eigenvalue weighted by Gasteiger charge is 2.36. The Morgan fingerprint density at radius 2 is 2.11 bits per heavy atom. The fraction of sp³-hybridized carbons (Fsp3) is 0.538. The van der Waals surface area contributed by atoms with Crippen molar-refractivity contribution in [3.63, 3.8) is 0 Å². The van der Waals surface area contributed by atoms with Crippen LogP contribution in [0.25, 0.3) is 0 Å². The van der Waals surface area contributed by atoms with Crippen LogP contribution in [-0.2, 0) is 6.54 Å². The van der Waals surface area contributed by atoms with Crippen molar-refractivity contribution in [2.45, 2.75) is 38.8 Å². The quantitative estimate of drug-likeness (QED) is 0.741. The maximum Gasteiger partial charge on any atom is 0.274 e. The van der Waals surface area contributed by atoms with Crippen molar-refractivity contribution in [1.29, 1.82) is 0 Å². The van der Waals surface area contributed by atoms with Crippen LogP contribution in [0.4, 0.5) is 0 Å². The average Bonchev–Trinajstić information content (AvgIpc) is 2.36. The van der Waals surface area contributed by atoms with Gasteiger partial charge in [0.05, 0.1) is 0 Å². The smallest absolute Gasteiger partial charge is 0.274 e. The molecule has 1 amide bonds. The summed E-state index contributed by atoms with van der Waals surface area (Å²) >= 11 is 0. The topological polar surface area (TPSA) is 62.5 Å². The second-order valence-corrected chi connectivity index (χ2v) is 5.14. The van der Waals surface area contributed by atoms with E-state index in [1.165, 1.54) is 0 Å². The predicted molar refractivity (Wildman–Crippen MR) is 65.8 cm³/mol. The number of aryl methyl sites for hydroxylation is 1. The number of carbonyl (C=O) groups excluding carboxylic acids is 1. The Morgan fingerprint density at radius 1 is 1.33 bits per heavy atom. The molecule has 96 valence electrons. The minimum atomic E-state index is -0.440. The number of rotatable bonds is 0. The fourth-order valence-electron chi connectivity index (χ4n) is 2.98. The number of hydrogen-bond acceptors (Lipinski definition) is 3. The molecular formula is C13H16N2O3. The van der Waals surface area contributed by atoms with Crippen molar-refractivity contribution in [2.75, 3.05) is 6.54 Å². The summed E-state index contributed by atoms with van der Waals surface area (Å²) < 4.78 is 1.74. The maximum atomic E-state index is 12.3. The Balaban J connectivity index is 2.16. The largest absolute Gasteiger partial charge is 0.503 e. The minimum Gasteiger partial charge on any atom is -0.503 e. The summed E-state index contributed by atoms with van der Waals surface area (Å²) in [6.07, 6.45) is 4.81. The lowest BCUT2D eigenvalue weighted by Gasteiger charge is -2.40. The lowest BCUT2D eigenvalue weighted by atomic mass is 9.98. The monoisotopic (exact) mass is 248 g/mol. The second kappa shape index (κ2) is 3.86. The van der Waals surface area contributed by atoms with E-state index in [1.807, 2.05) is 0 Å². The van der Waals surface area contributed by atoms with Gasteiger partial charge in [-0.3, -0.25) is 9.59 Å². The van der Waals surface area contributed by atoms with Gasteiger partial charge < -0.3 is 14.6 Å². The molecule has 2 aliphatic heterocycles. The molecule has 5 heteroatoms. The molecule has 3 heterocycles. The normalized spacial score (nSPS) is 22.6. The Hall–Kier alpha value is -1.78. The predicted octanol–water partition coefficient (Wildman–Crippen LogP) is 0.871. The highest BCUT2D eigenvalue weighted by molar-refractivity contribution is 5.96. The van der Waals surface area contributed by atoms with Crippen molar-refractivity contribution in [3.05, 3.63) is 27.7 Å². The molecule has 1 aromatic heterocycles. The molecule has 1 N–H and O–H groups in total. The number of pyridine rings is 1. The van der Waals surface area contributed by atoms with Crippen LogP contribution in [0.2, 0.25) is 0 Å². The van der Waals surface area contributed by atoms with E-state index in [4.69, 9.17) is 0 Å². The van der Waals surface area contributed by atoms with Crippen LogP contribution in [0.15, 0.2) is 11.0 Å². The highest BCUT2D eigenvalue weighted by Crippen LogP contribution is 2.28. The highest BCUT2D eigenvalue weighted by atomic mass is 16.3. The van der Waals surface area contributed by atoms with E-state index < -0.39 is 11.2 Å². The van der Waals surface area contributed by atoms with Crippen LogP contribution in [0, 0.1) is 6.92 Å². The van der Waals surface area contributed by atoms with Crippen molar-refractivity contribution < 1.29 is 9.90 Å². The van der Waals surface area contributed by atoms with E-state index in [2.05, 4.69) is 0 Å². The number of nitrogens with zero attached hydrogens (tertiary/aromatic N) is 2. The van der Waals surface area contributed by atoms with Crippen LogP contribution in [-0.4, -0.2) is 33.1 Å². The first-order valence-corrected chi connectivity index (χ1v) is 6.33. The first kappa shape index (κ1) is 11.3. The van der Waals surface area contributed by atoms with Gasteiger partial charge in [0.2, 0.25) is 5.43 Å². The Labute approximate surface area is 105 Å². The Morgan fingerprint density at radius 3 is 2.89 bits per heavy atom. The molecule has 0 aliphatic carbocycles. The van der Waals surface area contributed by atoms with Crippen LogP contribution >= 0.6 is 0 Å². The zero-order valence-corrected chi connectivity index (χ0v) is 10.3. The van der Waals surface area contributed by atoms with Crippen LogP contribution in [0.1, 0.15) is 35.3 Å². The zero-order chi connectivity index (χ0) is 12.9. The van der Waals surface area contributed by atoms with E-state index in [1.54, 1.807) is 22.6 Å². The van der Waals surface area contributed by atoms with E-state index >= 15 is 0 Å². The van der Waals surface area contributed by atoms with Crippen molar-refractivity contribution >= 4 is 5.91 Å². The Kier molecular flexibility index (Phi) is 2.43. The first-order valence-electron chi connectivity index (χ1n) is 6.33. The van der Waals surface area contributed by atoms with Gasteiger partial charge in [-0.25, -0.2) is 0 Å². The average molecular weight is 248 g/mol. The van der Waals surface area contributed by atoms with Gasteiger partial charge in [-0.1, -0.05) is 0 Å². The van der Waals surface area contributed by atoms with Gasteiger partial charge in [0.25, 0.3) is 5.91 Å². The molecule has 0 unspecified atom stereocenters. The molecule has 1 fully saturated rings. The van der Waals surface area contributed by atoms with Crippen LogP contribution < -0.4 is 5.43 Å². The van der Waals surface area contributed by atoms with Gasteiger partial charge >= 0.3 is 0 Å². The van der Waals surface area contributed by atoms with Crippen molar-refractivity contribution in [1.82, 2.24) is 9.47 Å². The SMILES string of the molecule is Cc1cn2c(c(O)c1=O)C(=O)N1CCCC[C@@H]1C2. The summed E-state index contributed by atoms with van der Waals surface area (Å²) in [6, 6.07) is 0.208. The third-order valence-electron chi connectivity index (χ3n) is 3.93. The number of carbonyl (C=O) groups is 1. The van der Waals surface area contributed by atoms with Gasteiger partial charge in [-0.05, 0) is 26.2 Å². The summed E-state index contributed by atoms with van der Waals surface area (Å²) in [4.78, 5) is 25.9. The molecule has 18 heavy (non-hydrogen) atoms. The Bertz CT molecular complexity index is 576. The third kappa shape index (κ3) is 1.46. The number of amides is 1. The lowest BCUT2D eigenvalue weighted by molar-refractivity contribution is 0.0506.